The SMILES string of the molecule is Cc1noc(NS(=O)(=O)c2ccccc2-c2ccc(-c3ncco3)cc2CN2C(=O)C(F)(F)c3ccccc32)c1C. The quantitative estimate of drug-likeness (QED) is 0.250. The average molecular weight is 577 g/mol. The molecule has 41 heavy (non-hydrogen) atoms. The number of amides is 1. The summed E-state index contributed by atoms with van der Waals surface area (Å²) in [5.74, 6) is -4.81. The van der Waals surface area contributed by atoms with E-state index in [0.29, 0.717) is 27.9 Å². The molecule has 1 N–H and O–H groups in total. The zero-order chi connectivity index (χ0) is 28.9. The van der Waals surface area contributed by atoms with Gasteiger partial charge >= 0.3 is 11.8 Å². The average Bonchev–Trinajstić information content (AvgIpc) is 3.66. The molecule has 0 aliphatic carbocycles. The molecule has 5 aromatic rings. The monoisotopic (exact) mass is 576 g/mol. The van der Waals surface area contributed by atoms with Crippen molar-refractivity contribution in [2.45, 2.75) is 31.2 Å². The maximum atomic E-state index is 15.0. The fourth-order valence-electron chi connectivity index (χ4n) is 4.79. The van der Waals surface area contributed by atoms with Gasteiger partial charge < -0.3 is 13.8 Å². The molecule has 1 aliphatic rings. The van der Waals surface area contributed by atoms with Gasteiger partial charge in [-0.2, -0.15) is 8.78 Å². The fourth-order valence-corrected chi connectivity index (χ4v) is 6.06. The molecular formula is C29H22F2N4O5S. The molecule has 9 nitrogen and oxygen atoms in total. The van der Waals surface area contributed by atoms with Crippen LogP contribution in [0.1, 0.15) is 22.4 Å². The van der Waals surface area contributed by atoms with Crippen LogP contribution >= 0.6 is 0 Å². The van der Waals surface area contributed by atoms with Crippen LogP contribution in [0.25, 0.3) is 22.6 Å². The lowest BCUT2D eigenvalue weighted by Crippen LogP contribution is -2.34. The first-order valence-electron chi connectivity index (χ1n) is 12.4. The van der Waals surface area contributed by atoms with E-state index in [4.69, 9.17) is 8.94 Å². The molecule has 208 valence electrons. The Kier molecular flexibility index (Phi) is 6.22. The van der Waals surface area contributed by atoms with Crippen molar-refractivity contribution in [3.05, 3.63) is 102 Å². The third kappa shape index (κ3) is 4.45. The third-order valence-corrected chi connectivity index (χ3v) is 8.40. The summed E-state index contributed by atoms with van der Waals surface area (Å²) in [6.07, 6.45) is 2.86. The van der Waals surface area contributed by atoms with Gasteiger partial charge in [-0.15, -0.1) is 0 Å². The number of halogens is 2. The summed E-state index contributed by atoms with van der Waals surface area (Å²) < 4.78 is 70.1. The van der Waals surface area contributed by atoms with Crippen molar-refractivity contribution in [2.24, 2.45) is 0 Å². The number of benzene rings is 3. The van der Waals surface area contributed by atoms with E-state index in [1.807, 2.05) is 0 Å². The van der Waals surface area contributed by atoms with Crippen molar-refractivity contribution in [1.82, 2.24) is 10.1 Å². The molecule has 0 radical (unpaired) electrons. The molecule has 6 rings (SSSR count). The molecule has 3 aromatic carbocycles. The third-order valence-electron chi connectivity index (χ3n) is 7.01. The van der Waals surface area contributed by atoms with Crippen molar-refractivity contribution < 1.29 is 30.9 Å². The fraction of sp³-hybridized carbons (Fsp3) is 0.138. The lowest BCUT2D eigenvalue weighted by molar-refractivity contribution is -0.141. The number of para-hydroxylation sites is 1. The van der Waals surface area contributed by atoms with Crippen LogP contribution in [0.3, 0.4) is 0 Å². The minimum atomic E-state index is -4.19. The summed E-state index contributed by atoms with van der Waals surface area (Å²) in [5, 5.41) is 3.80. The van der Waals surface area contributed by atoms with Gasteiger partial charge in [-0.3, -0.25) is 4.79 Å². The Morgan fingerprint density at radius 3 is 2.49 bits per heavy atom. The number of alkyl halides is 2. The van der Waals surface area contributed by atoms with E-state index < -0.39 is 21.9 Å². The maximum Gasteiger partial charge on any atom is 0.352 e. The zero-order valence-electron chi connectivity index (χ0n) is 21.8. The number of hydrogen-bond donors (Lipinski definition) is 1. The second kappa shape index (κ2) is 9.66. The minimum absolute atomic E-state index is 0.0155. The molecule has 1 amide bonds. The summed E-state index contributed by atoms with van der Waals surface area (Å²) in [5.41, 5.74) is 2.38. The minimum Gasteiger partial charge on any atom is -0.445 e. The van der Waals surface area contributed by atoms with Gasteiger partial charge in [0.25, 0.3) is 10.0 Å². The summed E-state index contributed by atoms with van der Waals surface area (Å²) in [6.45, 7) is 3.10. The second-order valence-electron chi connectivity index (χ2n) is 9.52. The van der Waals surface area contributed by atoms with Crippen molar-refractivity contribution in [1.29, 1.82) is 0 Å². The van der Waals surface area contributed by atoms with Crippen LogP contribution in [0.2, 0.25) is 0 Å². The Morgan fingerprint density at radius 2 is 1.76 bits per heavy atom. The van der Waals surface area contributed by atoms with E-state index in [0.717, 1.165) is 4.90 Å². The first kappa shape index (κ1) is 26.4. The normalized spacial score (nSPS) is 14.3. The Morgan fingerprint density at radius 1 is 1.00 bits per heavy atom. The lowest BCUT2D eigenvalue weighted by Gasteiger charge is -2.21. The smallest absolute Gasteiger partial charge is 0.352 e. The number of aryl methyl sites for hydroxylation is 1. The molecule has 0 saturated carbocycles. The Bertz CT molecular complexity index is 1900. The van der Waals surface area contributed by atoms with Gasteiger partial charge in [0.1, 0.15) is 6.26 Å². The number of carbonyl (C=O) groups is 1. The number of nitrogens with one attached hydrogen (secondary N) is 1. The number of hydrogen-bond acceptors (Lipinski definition) is 7. The highest BCUT2D eigenvalue weighted by Gasteiger charge is 2.52. The van der Waals surface area contributed by atoms with Crippen LogP contribution < -0.4 is 9.62 Å². The van der Waals surface area contributed by atoms with Crippen LogP contribution in [-0.4, -0.2) is 24.5 Å². The van der Waals surface area contributed by atoms with Gasteiger partial charge in [0, 0.05) is 16.7 Å². The largest absolute Gasteiger partial charge is 0.445 e. The molecular weight excluding hydrogens is 554 g/mol. The Hall–Kier alpha value is -4.84. The molecule has 2 aromatic heterocycles. The first-order chi connectivity index (χ1) is 19.6. The molecule has 0 fully saturated rings. The van der Waals surface area contributed by atoms with Crippen LogP contribution in [-0.2, 0) is 27.3 Å². The van der Waals surface area contributed by atoms with Gasteiger partial charge in [0.2, 0.25) is 11.8 Å². The van der Waals surface area contributed by atoms with Crippen molar-refractivity contribution in [2.75, 3.05) is 9.62 Å². The number of aromatic nitrogens is 2. The zero-order valence-corrected chi connectivity index (χ0v) is 22.6. The van der Waals surface area contributed by atoms with Gasteiger partial charge in [0.05, 0.1) is 34.6 Å². The number of nitrogens with zero attached hydrogens (tertiary/aromatic N) is 3. The molecule has 1 aliphatic heterocycles. The summed E-state index contributed by atoms with van der Waals surface area (Å²) in [4.78, 5) is 18.0. The summed E-state index contributed by atoms with van der Waals surface area (Å²) in [6, 6.07) is 16.9. The Balaban J connectivity index is 1.49. The van der Waals surface area contributed by atoms with Gasteiger partial charge in [-0.25, -0.2) is 18.1 Å². The number of fused-ring (bicyclic) bond motifs is 1. The van der Waals surface area contributed by atoms with Crippen molar-refractivity contribution in [3.8, 4) is 22.6 Å². The predicted molar refractivity (Wildman–Crippen MR) is 146 cm³/mol. The van der Waals surface area contributed by atoms with Crippen molar-refractivity contribution in [3.63, 3.8) is 0 Å². The molecule has 3 heterocycles. The molecule has 0 bridgehead atoms. The number of carbonyl (C=O) groups excluding carboxylic acids is 1. The number of rotatable bonds is 7. The van der Waals surface area contributed by atoms with E-state index in [-0.39, 0.29) is 40.0 Å². The van der Waals surface area contributed by atoms with E-state index in [2.05, 4.69) is 14.9 Å². The standard InChI is InChI=1S/C29H22F2N4O5S/c1-17-18(2)33-40-26(17)34-41(37,38)25-10-6-3-7-22(25)21-12-11-19(27-32-13-14-39-27)15-20(21)16-35-24-9-5-4-8-23(24)29(30,31)28(35)36/h3-15,34H,16H2,1-2H3. The van der Waals surface area contributed by atoms with Gasteiger partial charge in [-0.1, -0.05) is 47.6 Å². The summed E-state index contributed by atoms with van der Waals surface area (Å²) in [7, 11) is -4.19. The molecule has 0 unspecified atom stereocenters. The summed E-state index contributed by atoms with van der Waals surface area (Å²) >= 11 is 0. The van der Waals surface area contributed by atoms with Gasteiger partial charge in [0.15, 0.2) is 0 Å². The van der Waals surface area contributed by atoms with E-state index in [1.165, 1.54) is 36.7 Å². The van der Waals surface area contributed by atoms with Crippen molar-refractivity contribution >= 4 is 27.5 Å². The molecule has 0 atom stereocenters. The number of oxazole rings is 1. The van der Waals surface area contributed by atoms with Crippen LogP contribution in [0.15, 0.2) is 93.0 Å². The Labute approximate surface area is 233 Å². The lowest BCUT2D eigenvalue weighted by atomic mass is 9.96. The van der Waals surface area contributed by atoms with Crippen LogP contribution in [0, 0.1) is 13.8 Å². The van der Waals surface area contributed by atoms with Crippen LogP contribution in [0.5, 0.6) is 0 Å². The van der Waals surface area contributed by atoms with Gasteiger partial charge in [-0.05, 0) is 49.2 Å². The highest BCUT2D eigenvalue weighted by molar-refractivity contribution is 7.92. The topological polar surface area (TPSA) is 119 Å². The number of sulfonamides is 1. The van der Waals surface area contributed by atoms with Crippen LogP contribution in [0.4, 0.5) is 20.4 Å². The molecule has 0 saturated heterocycles. The molecule has 12 heteroatoms. The predicted octanol–water partition coefficient (Wildman–Crippen LogP) is 6.05. The number of anilines is 2. The second-order valence-corrected chi connectivity index (χ2v) is 11.2. The highest BCUT2D eigenvalue weighted by atomic mass is 32.2. The first-order valence-corrected chi connectivity index (χ1v) is 13.9. The molecule has 0 spiro atoms. The van der Waals surface area contributed by atoms with E-state index in [1.54, 1.807) is 56.3 Å². The maximum absolute atomic E-state index is 15.0. The van der Waals surface area contributed by atoms with E-state index >= 15 is 0 Å². The highest BCUT2D eigenvalue weighted by Crippen LogP contribution is 2.45. The van der Waals surface area contributed by atoms with E-state index in [9.17, 15) is 22.0 Å².